The minimum Gasteiger partial charge on any atom is -0.495 e. The zero-order valence-electron chi connectivity index (χ0n) is 21.8. The molecule has 1 amide bonds. The number of nitrogens with one attached hydrogen (secondary N) is 1. The van der Waals surface area contributed by atoms with Crippen molar-refractivity contribution in [1.82, 2.24) is 0 Å². The number of hydrogen-bond donors (Lipinski definition) is 1. The summed E-state index contributed by atoms with van der Waals surface area (Å²) in [5.74, 6) is 3.10. The second kappa shape index (κ2) is 12.9. The van der Waals surface area contributed by atoms with Crippen molar-refractivity contribution in [3.8, 4) is 34.5 Å². The van der Waals surface area contributed by atoms with Crippen molar-refractivity contribution in [2.45, 2.75) is 0 Å². The van der Waals surface area contributed by atoms with Crippen LogP contribution in [-0.2, 0) is 4.79 Å². The molecule has 37 heavy (non-hydrogen) atoms. The minimum absolute atomic E-state index is 0.297. The highest BCUT2D eigenvalue weighted by molar-refractivity contribution is 6.03. The third kappa shape index (κ3) is 6.76. The lowest BCUT2D eigenvalue weighted by molar-refractivity contribution is -0.111. The molecular formula is C29H31NO7. The fraction of sp³-hybridized carbons (Fsp3) is 0.207. The van der Waals surface area contributed by atoms with Gasteiger partial charge in [-0.15, -0.1) is 0 Å². The molecule has 0 aliphatic heterocycles. The van der Waals surface area contributed by atoms with Gasteiger partial charge in [-0.3, -0.25) is 4.79 Å². The summed E-state index contributed by atoms with van der Waals surface area (Å²) >= 11 is 0. The Morgan fingerprint density at radius 2 is 1.08 bits per heavy atom. The molecule has 0 saturated heterocycles. The van der Waals surface area contributed by atoms with Crippen molar-refractivity contribution < 1.29 is 33.2 Å². The maximum atomic E-state index is 12.5. The van der Waals surface area contributed by atoms with Gasteiger partial charge in [0.05, 0.1) is 48.3 Å². The number of methoxy groups -OCH3 is 6. The summed E-state index contributed by atoms with van der Waals surface area (Å²) in [7, 11) is 9.40. The molecule has 0 radical (unpaired) electrons. The lowest BCUT2D eigenvalue weighted by Gasteiger charge is -2.13. The molecule has 0 unspecified atom stereocenters. The average molecular weight is 506 g/mol. The van der Waals surface area contributed by atoms with Crippen LogP contribution in [-0.4, -0.2) is 48.6 Å². The van der Waals surface area contributed by atoms with Crippen molar-refractivity contribution >= 4 is 29.8 Å². The Morgan fingerprint density at radius 1 is 0.568 bits per heavy atom. The number of ether oxygens (including phenoxy) is 6. The first-order valence-corrected chi connectivity index (χ1v) is 11.3. The Kier molecular flexibility index (Phi) is 9.43. The van der Waals surface area contributed by atoms with Crippen LogP contribution in [0.5, 0.6) is 34.5 Å². The highest BCUT2D eigenvalue weighted by Crippen LogP contribution is 2.38. The van der Waals surface area contributed by atoms with Gasteiger partial charge in [0.1, 0.15) is 5.75 Å². The maximum absolute atomic E-state index is 12.5. The van der Waals surface area contributed by atoms with Crippen LogP contribution in [0.2, 0.25) is 0 Å². The fourth-order valence-electron chi connectivity index (χ4n) is 3.61. The van der Waals surface area contributed by atoms with Crippen LogP contribution in [0.15, 0.2) is 54.6 Å². The smallest absolute Gasteiger partial charge is 0.248 e. The summed E-state index contributed by atoms with van der Waals surface area (Å²) in [4.78, 5) is 12.5. The monoisotopic (exact) mass is 505 g/mol. The van der Waals surface area contributed by atoms with Crippen LogP contribution >= 0.6 is 0 Å². The molecule has 0 bridgehead atoms. The zero-order chi connectivity index (χ0) is 26.8. The van der Waals surface area contributed by atoms with Crippen LogP contribution < -0.4 is 33.7 Å². The molecular weight excluding hydrogens is 474 g/mol. The first-order chi connectivity index (χ1) is 18.0. The lowest BCUT2D eigenvalue weighted by Crippen LogP contribution is -2.09. The van der Waals surface area contributed by atoms with E-state index in [-0.39, 0.29) is 5.91 Å². The Labute approximate surface area is 217 Å². The quantitative estimate of drug-likeness (QED) is 0.270. The third-order valence-corrected chi connectivity index (χ3v) is 5.47. The van der Waals surface area contributed by atoms with Crippen LogP contribution in [0.3, 0.4) is 0 Å². The molecule has 3 rings (SSSR count). The van der Waals surface area contributed by atoms with Gasteiger partial charge in [-0.25, -0.2) is 0 Å². The molecule has 0 spiro atoms. The average Bonchev–Trinajstić information content (AvgIpc) is 2.94. The number of benzene rings is 3. The van der Waals surface area contributed by atoms with Crippen LogP contribution in [0.25, 0.3) is 18.2 Å². The van der Waals surface area contributed by atoms with Crippen molar-refractivity contribution in [2.24, 2.45) is 0 Å². The van der Waals surface area contributed by atoms with E-state index in [2.05, 4.69) is 5.32 Å². The minimum atomic E-state index is -0.297. The number of rotatable bonds is 11. The molecule has 8 heteroatoms. The van der Waals surface area contributed by atoms with E-state index in [1.807, 2.05) is 42.5 Å². The molecule has 3 aromatic carbocycles. The highest BCUT2D eigenvalue weighted by atomic mass is 16.5. The van der Waals surface area contributed by atoms with E-state index in [0.717, 1.165) is 16.7 Å². The Bertz CT molecular complexity index is 1270. The Hall–Kier alpha value is -4.59. The summed E-state index contributed by atoms with van der Waals surface area (Å²) in [6.07, 6.45) is 6.98. The largest absolute Gasteiger partial charge is 0.495 e. The van der Waals surface area contributed by atoms with Gasteiger partial charge in [-0.05, 0) is 59.2 Å². The standard InChI is InChI=1S/C29H31NO7/c1-32-23-13-10-20(16-25(23)34-3)11-14-28(31)30-22-12-9-19(15-24(22)33-2)7-8-21-17-26(35-4)29(37-6)27(18-21)36-5/h7-18H,1-6H3,(H,30,31)/b8-7+,14-11+. The molecule has 0 aliphatic carbocycles. The summed E-state index contributed by atoms with van der Waals surface area (Å²) in [6, 6.07) is 14.6. The molecule has 0 heterocycles. The first kappa shape index (κ1) is 27.0. The van der Waals surface area contributed by atoms with Gasteiger partial charge in [-0.1, -0.05) is 24.3 Å². The lowest BCUT2D eigenvalue weighted by atomic mass is 10.1. The Morgan fingerprint density at radius 3 is 1.68 bits per heavy atom. The summed E-state index contributed by atoms with van der Waals surface area (Å²) < 4.78 is 32.2. The van der Waals surface area contributed by atoms with Crippen molar-refractivity contribution in [3.63, 3.8) is 0 Å². The molecule has 0 fully saturated rings. The predicted octanol–water partition coefficient (Wildman–Crippen LogP) is 5.56. The number of hydrogen-bond acceptors (Lipinski definition) is 7. The van der Waals surface area contributed by atoms with Gasteiger partial charge in [0.2, 0.25) is 11.7 Å². The maximum Gasteiger partial charge on any atom is 0.248 e. The SMILES string of the molecule is COc1cc(/C=C/c2cc(OC)c(OC)c(OC)c2)ccc1NC(=O)/C=C/c1ccc(OC)c(OC)c1. The second-order valence-electron chi connectivity index (χ2n) is 7.69. The topological polar surface area (TPSA) is 84.5 Å². The molecule has 0 aliphatic rings. The van der Waals surface area contributed by atoms with E-state index in [4.69, 9.17) is 28.4 Å². The third-order valence-electron chi connectivity index (χ3n) is 5.47. The van der Waals surface area contributed by atoms with E-state index < -0.39 is 0 Å². The second-order valence-corrected chi connectivity index (χ2v) is 7.69. The summed E-state index contributed by atoms with van der Waals surface area (Å²) in [6.45, 7) is 0. The number of amides is 1. The van der Waals surface area contributed by atoms with E-state index in [0.29, 0.717) is 40.2 Å². The van der Waals surface area contributed by atoms with Gasteiger partial charge in [0, 0.05) is 6.08 Å². The van der Waals surface area contributed by atoms with Gasteiger partial charge in [0.25, 0.3) is 0 Å². The number of carbonyl (C=O) groups excluding carboxylic acids is 1. The number of carbonyl (C=O) groups is 1. The molecule has 0 atom stereocenters. The predicted molar refractivity (Wildman–Crippen MR) is 145 cm³/mol. The van der Waals surface area contributed by atoms with E-state index in [1.54, 1.807) is 66.9 Å². The van der Waals surface area contributed by atoms with E-state index in [1.165, 1.54) is 6.08 Å². The number of anilines is 1. The normalized spacial score (nSPS) is 10.9. The van der Waals surface area contributed by atoms with Gasteiger partial charge >= 0.3 is 0 Å². The molecule has 3 aromatic rings. The highest BCUT2D eigenvalue weighted by Gasteiger charge is 2.12. The zero-order valence-corrected chi connectivity index (χ0v) is 21.8. The van der Waals surface area contributed by atoms with Crippen LogP contribution in [0.4, 0.5) is 5.69 Å². The molecule has 0 aromatic heterocycles. The molecule has 1 N–H and O–H groups in total. The van der Waals surface area contributed by atoms with E-state index >= 15 is 0 Å². The summed E-state index contributed by atoms with van der Waals surface area (Å²) in [5, 5.41) is 2.85. The molecule has 0 saturated carbocycles. The fourth-order valence-corrected chi connectivity index (χ4v) is 3.61. The molecule has 8 nitrogen and oxygen atoms in total. The Balaban J connectivity index is 1.75. The first-order valence-electron chi connectivity index (χ1n) is 11.3. The van der Waals surface area contributed by atoms with E-state index in [9.17, 15) is 4.79 Å². The summed E-state index contributed by atoms with van der Waals surface area (Å²) in [5.41, 5.74) is 3.09. The van der Waals surface area contributed by atoms with Crippen LogP contribution in [0.1, 0.15) is 16.7 Å². The van der Waals surface area contributed by atoms with Gasteiger partial charge in [-0.2, -0.15) is 0 Å². The van der Waals surface area contributed by atoms with Gasteiger partial charge in [0.15, 0.2) is 23.0 Å². The van der Waals surface area contributed by atoms with Crippen molar-refractivity contribution in [2.75, 3.05) is 48.0 Å². The van der Waals surface area contributed by atoms with Crippen molar-refractivity contribution in [1.29, 1.82) is 0 Å². The molecule has 194 valence electrons. The van der Waals surface area contributed by atoms with Crippen molar-refractivity contribution in [3.05, 3.63) is 71.3 Å². The van der Waals surface area contributed by atoms with Gasteiger partial charge < -0.3 is 33.7 Å². The van der Waals surface area contributed by atoms with Crippen LogP contribution in [0, 0.1) is 0 Å².